The van der Waals surface area contributed by atoms with Crippen LogP contribution in [0.4, 0.5) is 0 Å². The Hall–Kier alpha value is -2.70. The fourth-order valence-corrected chi connectivity index (χ4v) is 3.49. The molecular weight excluding hydrogens is 418 g/mol. The van der Waals surface area contributed by atoms with Crippen LogP contribution in [-0.2, 0) is 25.6 Å². The lowest BCUT2D eigenvalue weighted by Gasteiger charge is -2.29. The first-order valence-electron chi connectivity index (χ1n) is 11.9. The zero-order valence-corrected chi connectivity index (χ0v) is 21.1. The van der Waals surface area contributed by atoms with Crippen molar-refractivity contribution < 1.29 is 19.2 Å². The van der Waals surface area contributed by atoms with E-state index in [1.807, 2.05) is 71.9 Å². The molecule has 2 unspecified atom stereocenters. The predicted octanol–water partition coefficient (Wildman–Crippen LogP) is 3.02. The first-order valence-corrected chi connectivity index (χ1v) is 11.9. The molecule has 1 aromatic carbocycles. The third-order valence-electron chi connectivity index (χ3n) is 5.74. The number of nitrogens with one attached hydrogen (secondary N) is 3. The summed E-state index contributed by atoms with van der Waals surface area (Å²) in [5.41, 5.74) is 0.938. The van der Waals surface area contributed by atoms with Crippen molar-refractivity contribution in [3.63, 3.8) is 0 Å². The Morgan fingerprint density at radius 2 is 1.39 bits per heavy atom. The van der Waals surface area contributed by atoms with E-state index in [-0.39, 0.29) is 29.4 Å². The smallest absolute Gasteiger partial charge is 0.243 e. The van der Waals surface area contributed by atoms with Gasteiger partial charge in [-0.3, -0.25) is 19.2 Å². The molecule has 0 aliphatic heterocycles. The van der Waals surface area contributed by atoms with E-state index in [9.17, 15) is 19.2 Å². The minimum absolute atomic E-state index is 0.0972. The Morgan fingerprint density at radius 1 is 0.818 bits per heavy atom. The Morgan fingerprint density at radius 3 is 1.88 bits per heavy atom. The largest absolute Gasteiger partial charge is 0.344 e. The second-order valence-corrected chi connectivity index (χ2v) is 9.62. The molecule has 0 aromatic heterocycles. The SMILES string of the molecule is CC[C@H](C)C(NC(=O)CC(C)C)C(=O)NC(C(=O)N[C@@H](Cc1ccccc1)C(C)=O)C(C)C. The lowest BCUT2D eigenvalue weighted by molar-refractivity contribution is -0.135. The summed E-state index contributed by atoms with van der Waals surface area (Å²) in [6, 6.07) is 7.22. The highest BCUT2D eigenvalue weighted by Gasteiger charge is 2.32. The molecule has 0 saturated carbocycles. The van der Waals surface area contributed by atoms with Crippen LogP contribution in [0.2, 0.25) is 0 Å². The number of rotatable bonds is 13. The molecule has 184 valence electrons. The highest BCUT2D eigenvalue weighted by atomic mass is 16.2. The summed E-state index contributed by atoms with van der Waals surface area (Å²) < 4.78 is 0. The first kappa shape index (κ1) is 28.3. The lowest BCUT2D eigenvalue weighted by atomic mass is 9.95. The van der Waals surface area contributed by atoms with Crippen molar-refractivity contribution >= 4 is 23.5 Å². The molecule has 0 fully saturated rings. The molecule has 1 rings (SSSR count). The van der Waals surface area contributed by atoms with E-state index in [0.717, 1.165) is 5.56 Å². The van der Waals surface area contributed by atoms with Gasteiger partial charge in [0.2, 0.25) is 17.7 Å². The van der Waals surface area contributed by atoms with Crippen LogP contribution in [0.25, 0.3) is 0 Å². The van der Waals surface area contributed by atoms with E-state index < -0.39 is 29.9 Å². The minimum atomic E-state index is -0.830. The fraction of sp³-hybridized carbons (Fsp3) is 0.615. The number of hydrogen-bond acceptors (Lipinski definition) is 4. The van der Waals surface area contributed by atoms with Crippen LogP contribution in [0.5, 0.6) is 0 Å². The van der Waals surface area contributed by atoms with Gasteiger partial charge < -0.3 is 16.0 Å². The maximum Gasteiger partial charge on any atom is 0.243 e. The van der Waals surface area contributed by atoms with Crippen LogP contribution in [0.3, 0.4) is 0 Å². The van der Waals surface area contributed by atoms with Crippen LogP contribution in [0, 0.1) is 17.8 Å². The summed E-state index contributed by atoms with van der Waals surface area (Å²) in [6.45, 7) is 12.8. The summed E-state index contributed by atoms with van der Waals surface area (Å²) in [5.74, 6) is -1.27. The molecule has 7 heteroatoms. The van der Waals surface area contributed by atoms with E-state index in [1.165, 1.54) is 6.92 Å². The molecule has 4 atom stereocenters. The first-order chi connectivity index (χ1) is 15.5. The third kappa shape index (κ3) is 9.76. The van der Waals surface area contributed by atoms with Crippen molar-refractivity contribution in [3.05, 3.63) is 35.9 Å². The number of Topliss-reactive ketones (excluding diaryl/α,β-unsaturated/α-hetero) is 1. The molecule has 0 saturated heterocycles. The summed E-state index contributed by atoms with van der Waals surface area (Å²) in [7, 11) is 0. The molecule has 1 aromatic rings. The molecule has 0 bridgehead atoms. The number of hydrogen-bond donors (Lipinski definition) is 3. The van der Waals surface area contributed by atoms with Gasteiger partial charge >= 0.3 is 0 Å². The van der Waals surface area contributed by atoms with Crippen LogP contribution >= 0.6 is 0 Å². The topological polar surface area (TPSA) is 104 Å². The van der Waals surface area contributed by atoms with E-state index in [2.05, 4.69) is 16.0 Å². The Labute approximate surface area is 198 Å². The molecule has 0 heterocycles. The van der Waals surface area contributed by atoms with E-state index in [4.69, 9.17) is 0 Å². The van der Waals surface area contributed by atoms with Gasteiger partial charge in [0.15, 0.2) is 5.78 Å². The van der Waals surface area contributed by atoms with Gasteiger partial charge in [0.05, 0.1) is 6.04 Å². The monoisotopic (exact) mass is 459 g/mol. The quantitative estimate of drug-likeness (QED) is 0.422. The van der Waals surface area contributed by atoms with Crippen molar-refractivity contribution in [2.24, 2.45) is 17.8 Å². The number of ketones is 1. The number of amides is 3. The van der Waals surface area contributed by atoms with E-state index in [0.29, 0.717) is 19.3 Å². The summed E-state index contributed by atoms with van der Waals surface area (Å²) in [6.07, 6.45) is 1.40. The van der Waals surface area contributed by atoms with Crippen molar-refractivity contribution in [3.8, 4) is 0 Å². The minimum Gasteiger partial charge on any atom is -0.344 e. The molecule has 0 spiro atoms. The van der Waals surface area contributed by atoms with Gasteiger partial charge in [-0.15, -0.1) is 0 Å². The molecular formula is C26H41N3O4. The summed E-state index contributed by atoms with van der Waals surface area (Å²) >= 11 is 0. The fourth-order valence-electron chi connectivity index (χ4n) is 3.49. The Balaban J connectivity index is 2.95. The van der Waals surface area contributed by atoms with E-state index >= 15 is 0 Å². The molecule has 33 heavy (non-hydrogen) atoms. The van der Waals surface area contributed by atoms with Gasteiger partial charge in [0.1, 0.15) is 12.1 Å². The number of benzene rings is 1. The molecule has 0 radical (unpaired) electrons. The summed E-state index contributed by atoms with van der Waals surface area (Å²) in [4.78, 5) is 50.7. The van der Waals surface area contributed by atoms with Gasteiger partial charge in [0, 0.05) is 6.42 Å². The van der Waals surface area contributed by atoms with Crippen LogP contribution < -0.4 is 16.0 Å². The number of carbonyl (C=O) groups excluding carboxylic acids is 4. The summed E-state index contributed by atoms with van der Waals surface area (Å²) in [5, 5.41) is 8.47. The standard InChI is InChI=1S/C26H41N3O4/c1-8-18(6)24(28-22(31)14-16(2)3)26(33)29-23(17(4)5)25(32)27-21(19(7)30)15-20-12-10-9-11-13-20/h9-13,16-18,21,23-24H,8,14-15H2,1-7H3,(H,27,32)(H,28,31)(H,29,33)/t18-,21-,23?,24?/m0/s1. The lowest BCUT2D eigenvalue weighted by Crippen LogP contribution is -2.58. The maximum atomic E-state index is 13.1. The van der Waals surface area contributed by atoms with Crippen LogP contribution in [-0.4, -0.2) is 41.6 Å². The van der Waals surface area contributed by atoms with Crippen molar-refractivity contribution in [2.75, 3.05) is 0 Å². The molecule has 7 nitrogen and oxygen atoms in total. The van der Waals surface area contributed by atoms with Crippen molar-refractivity contribution in [2.45, 2.75) is 85.9 Å². The third-order valence-corrected chi connectivity index (χ3v) is 5.74. The maximum absolute atomic E-state index is 13.1. The van der Waals surface area contributed by atoms with Gasteiger partial charge in [-0.2, -0.15) is 0 Å². The Bertz CT molecular complexity index is 792. The van der Waals surface area contributed by atoms with Crippen molar-refractivity contribution in [1.82, 2.24) is 16.0 Å². The van der Waals surface area contributed by atoms with E-state index in [1.54, 1.807) is 0 Å². The number of carbonyl (C=O) groups is 4. The van der Waals surface area contributed by atoms with Crippen LogP contribution in [0.15, 0.2) is 30.3 Å². The van der Waals surface area contributed by atoms with Crippen molar-refractivity contribution in [1.29, 1.82) is 0 Å². The molecule has 0 aliphatic carbocycles. The van der Waals surface area contributed by atoms with Gasteiger partial charge in [0.25, 0.3) is 0 Å². The predicted molar refractivity (Wildman–Crippen MR) is 130 cm³/mol. The second-order valence-electron chi connectivity index (χ2n) is 9.62. The Kier molecular flexibility index (Phi) is 11.8. The highest BCUT2D eigenvalue weighted by molar-refractivity contribution is 5.94. The van der Waals surface area contributed by atoms with Gasteiger partial charge in [-0.05, 0) is 36.7 Å². The second kappa shape index (κ2) is 13.8. The van der Waals surface area contributed by atoms with Gasteiger partial charge in [-0.25, -0.2) is 0 Å². The molecule has 0 aliphatic rings. The zero-order chi connectivity index (χ0) is 25.1. The van der Waals surface area contributed by atoms with Gasteiger partial charge in [-0.1, -0.05) is 78.3 Å². The average molecular weight is 460 g/mol. The highest BCUT2D eigenvalue weighted by Crippen LogP contribution is 2.12. The zero-order valence-electron chi connectivity index (χ0n) is 21.1. The average Bonchev–Trinajstić information content (AvgIpc) is 2.74. The normalized spacial score (nSPS) is 14.8. The van der Waals surface area contributed by atoms with Crippen LogP contribution in [0.1, 0.15) is 66.9 Å². The molecule has 3 amide bonds. The molecule has 3 N–H and O–H groups in total.